The number of nitrogens with zero attached hydrogens (tertiary/aromatic N) is 5. The zero-order valence-electron chi connectivity index (χ0n) is 29.9. The monoisotopic (exact) mass is 725 g/mol. The van der Waals surface area contributed by atoms with Gasteiger partial charge in [0.1, 0.15) is 36.8 Å². The van der Waals surface area contributed by atoms with Gasteiger partial charge in [-0.2, -0.15) is 0 Å². The van der Waals surface area contributed by atoms with Crippen LogP contribution >= 0.6 is 0 Å². The Balaban J connectivity index is 0.918. The molecule has 0 spiro atoms. The highest BCUT2D eigenvalue weighted by molar-refractivity contribution is 5.97. The van der Waals surface area contributed by atoms with Crippen molar-refractivity contribution < 1.29 is 38.6 Å². The first-order valence-corrected chi connectivity index (χ1v) is 19.3. The summed E-state index contributed by atoms with van der Waals surface area (Å²) in [5.41, 5.74) is 4.49. The minimum atomic E-state index is -1.03. The van der Waals surface area contributed by atoms with Gasteiger partial charge in [0.15, 0.2) is 0 Å². The fraction of sp³-hybridized carbons (Fsp3) is 0.550. The molecule has 53 heavy (non-hydrogen) atoms. The van der Waals surface area contributed by atoms with Crippen molar-refractivity contribution in [2.75, 3.05) is 39.3 Å². The fourth-order valence-electron chi connectivity index (χ4n) is 9.83. The van der Waals surface area contributed by atoms with Crippen molar-refractivity contribution in [3.63, 3.8) is 0 Å². The van der Waals surface area contributed by atoms with Crippen molar-refractivity contribution in [2.24, 2.45) is 0 Å². The summed E-state index contributed by atoms with van der Waals surface area (Å²) in [6.45, 7) is 2.04. The van der Waals surface area contributed by atoms with Crippen LogP contribution in [0.3, 0.4) is 0 Å². The molecule has 5 atom stereocenters. The van der Waals surface area contributed by atoms with Crippen LogP contribution in [-0.2, 0) is 28.7 Å². The van der Waals surface area contributed by atoms with Crippen molar-refractivity contribution in [2.45, 2.75) is 100 Å². The maximum atomic E-state index is 14.2. The molecule has 2 aromatic carbocycles. The number of aliphatic carboxylic acids is 1. The van der Waals surface area contributed by atoms with Gasteiger partial charge in [-0.15, -0.1) is 0 Å². The number of carbonyl (C=O) groups is 6. The number of hydrogen-bond acceptors (Lipinski definition) is 7. The van der Waals surface area contributed by atoms with Gasteiger partial charge in [-0.25, -0.2) is 9.59 Å². The molecule has 280 valence electrons. The third-order valence-electron chi connectivity index (χ3n) is 12.4. The SMILES string of the molecule is O=C(O)[C@@H]1CCCN1C(=O)[C@@H]1CCCN1C(=O)[C@@H]1CCCN1C(=O)[C@@H]1CCCN1C(=O)[C@H]1CCCN1C(=O)OCC1c2ccccc2-c2ccccc21. The van der Waals surface area contributed by atoms with Gasteiger partial charge < -0.3 is 29.4 Å². The smallest absolute Gasteiger partial charge is 0.410 e. The number of likely N-dealkylation sites (tertiary alicyclic amines) is 5. The predicted octanol–water partition coefficient (Wildman–Crippen LogP) is 3.45. The predicted molar refractivity (Wildman–Crippen MR) is 191 cm³/mol. The second kappa shape index (κ2) is 14.5. The summed E-state index contributed by atoms with van der Waals surface area (Å²) >= 11 is 0. The Hall–Kier alpha value is -4.94. The molecule has 2 aromatic rings. The summed E-state index contributed by atoms with van der Waals surface area (Å²) in [6.07, 6.45) is 4.87. The molecular weight excluding hydrogens is 678 g/mol. The van der Waals surface area contributed by atoms with Crippen LogP contribution in [0.5, 0.6) is 0 Å². The van der Waals surface area contributed by atoms with Gasteiger partial charge in [-0.3, -0.25) is 24.1 Å². The maximum absolute atomic E-state index is 14.2. The molecule has 1 aliphatic carbocycles. The molecule has 5 heterocycles. The lowest BCUT2D eigenvalue weighted by molar-refractivity contribution is -0.154. The van der Waals surface area contributed by atoms with Gasteiger partial charge in [-0.05, 0) is 86.5 Å². The summed E-state index contributed by atoms with van der Waals surface area (Å²) in [7, 11) is 0. The molecule has 13 nitrogen and oxygen atoms in total. The van der Waals surface area contributed by atoms with E-state index in [1.807, 2.05) is 24.3 Å². The van der Waals surface area contributed by atoms with E-state index in [9.17, 15) is 33.9 Å². The Kier molecular flexibility index (Phi) is 9.59. The number of hydrogen-bond donors (Lipinski definition) is 1. The van der Waals surface area contributed by atoms with Gasteiger partial charge in [0, 0.05) is 38.6 Å². The topological polar surface area (TPSA) is 148 Å². The highest BCUT2D eigenvalue weighted by Crippen LogP contribution is 2.44. The molecule has 0 radical (unpaired) electrons. The van der Waals surface area contributed by atoms with Crippen LogP contribution in [0.2, 0.25) is 0 Å². The third kappa shape index (κ3) is 6.21. The molecule has 0 bridgehead atoms. The lowest BCUT2D eigenvalue weighted by atomic mass is 9.98. The first kappa shape index (κ1) is 35.1. The number of amides is 5. The standard InChI is InChI=1S/C40H47N5O8/c46-35(42-20-7-16-32(42)37(48)44-22-9-18-34(44)39(50)51)30-14-5-19-41(30)36(47)31-15-6-21-43(31)38(49)33-17-8-23-45(33)40(52)53-24-29-27-12-3-1-10-25(27)26-11-2-4-13-28(26)29/h1-4,10-13,29-34H,5-9,14-24H2,(H,50,51)/t30-,31-,32-,33+,34-/m0/s1. The molecule has 0 unspecified atom stereocenters. The van der Waals surface area contributed by atoms with Crippen LogP contribution in [0.1, 0.15) is 81.3 Å². The van der Waals surface area contributed by atoms with E-state index in [4.69, 9.17) is 4.74 Å². The van der Waals surface area contributed by atoms with Crippen molar-refractivity contribution in [1.82, 2.24) is 24.5 Å². The molecule has 5 fully saturated rings. The molecular formula is C40H47N5O8. The second-order valence-electron chi connectivity index (χ2n) is 15.3. The van der Waals surface area contributed by atoms with Crippen molar-refractivity contribution in [3.05, 3.63) is 59.7 Å². The Morgan fingerprint density at radius 1 is 0.509 bits per heavy atom. The first-order chi connectivity index (χ1) is 25.7. The summed E-state index contributed by atoms with van der Waals surface area (Å²) < 4.78 is 5.93. The van der Waals surface area contributed by atoms with Crippen LogP contribution < -0.4 is 0 Å². The van der Waals surface area contributed by atoms with Crippen molar-refractivity contribution >= 4 is 35.7 Å². The number of benzene rings is 2. The van der Waals surface area contributed by atoms with Crippen LogP contribution in [0.15, 0.2) is 48.5 Å². The van der Waals surface area contributed by atoms with E-state index in [2.05, 4.69) is 24.3 Å². The highest BCUT2D eigenvalue weighted by Gasteiger charge is 2.49. The molecule has 8 rings (SSSR count). The molecule has 1 N–H and O–H groups in total. The zero-order valence-corrected chi connectivity index (χ0v) is 29.9. The average molecular weight is 726 g/mol. The molecule has 13 heteroatoms. The second-order valence-corrected chi connectivity index (χ2v) is 15.3. The number of ether oxygens (including phenoxy) is 1. The Morgan fingerprint density at radius 3 is 1.26 bits per heavy atom. The summed E-state index contributed by atoms with van der Waals surface area (Å²) in [5, 5.41) is 9.65. The van der Waals surface area contributed by atoms with Gasteiger partial charge in [0.05, 0.1) is 0 Å². The fourth-order valence-corrected chi connectivity index (χ4v) is 9.83. The van der Waals surface area contributed by atoms with E-state index in [1.165, 1.54) is 9.80 Å². The van der Waals surface area contributed by atoms with Crippen LogP contribution in [-0.4, -0.2) is 135 Å². The van der Waals surface area contributed by atoms with Gasteiger partial charge in [0.2, 0.25) is 23.6 Å². The summed E-state index contributed by atoms with van der Waals surface area (Å²) in [5.74, 6) is -2.29. The van der Waals surface area contributed by atoms with Crippen molar-refractivity contribution in [3.8, 4) is 11.1 Å². The molecule has 0 aromatic heterocycles. The number of carboxylic acid groups (broad SMARTS) is 1. The number of fused-ring (bicyclic) bond motifs is 3. The average Bonchev–Trinajstić information content (AvgIpc) is 4.03. The van der Waals surface area contributed by atoms with Crippen molar-refractivity contribution in [1.29, 1.82) is 0 Å². The van der Waals surface area contributed by atoms with Gasteiger partial charge in [-0.1, -0.05) is 48.5 Å². The quantitative estimate of drug-likeness (QED) is 0.457. The zero-order chi connectivity index (χ0) is 36.8. The Labute approximate surface area is 308 Å². The van der Waals surface area contributed by atoms with Gasteiger partial charge >= 0.3 is 12.1 Å². The largest absolute Gasteiger partial charge is 0.480 e. The first-order valence-electron chi connectivity index (χ1n) is 19.3. The van der Waals surface area contributed by atoms with Crippen LogP contribution in [0.25, 0.3) is 11.1 Å². The third-order valence-corrected chi connectivity index (χ3v) is 12.4. The molecule has 5 saturated heterocycles. The summed E-state index contributed by atoms with van der Waals surface area (Å²) in [4.78, 5) is 89.0. The molecule has 6 aliphatic rings. The van der Waals surface area contributed by atoms with E-state index in [-0.39, 0.29) is 36.2 Å². The molecule has 5 amide bonds. The number of carboxylic acids is 1. The minimum Gasteiger partial charge on any atom is -0.480 e. The maximum Gasteiger partial charge on any atom is 0.410 e. The number of rotatable bonds is 7. The number of carbonyl (C=O) groups excluding carboxylic acids is 5. The van der Waals surface area contributed by atoms with E-state index >= 15 is 0 Å². The lowest BCUT2D eigenvalue weighted by Crippen LogP contribution is -2.57. The minimum absolute atomic E-state index is 0.101. The van der Waals surface area contributed by atoms with Gasteiger partial charge in [0.25, 0.3) is 0 Å². The van der Waals surface area contributed by atoms with Crippen LogP contribution in [0.4, 0.5) is 4.79 Å². The lowest BCUT2D eigenvalue weighted by Gasteiger charge is -2.36. The van der Waals surface area contributed by atoms with E-state index in [0.717, 1.165) is 22.3 Å². The normalized spacial score (nSPS) is 26.6. The molecule has 5 aliphatic heterocycles. The van der Waals surface area contributed by atoms with E-state index < -0.39 is 42.3 Å². The van der Waals surface area contributed by atoms with E-state index in [0.29, 0.717) is 96.9 Å². The molecule has 0 saturated carbocycles. The summed E-state index contributed by atoms with van der Waals surface area (Å²) in [6, 6.07) is 12.4. The highest BCUT2D eigenvalue weighted by atomic mass is 16.6. The Morgan fingerprint density at radius 2 is 0.849 bits per heavy atom. The Bertz CT molecular complexity index is 1770. The van der Waals surface area contributed by atoms with Crippen LogP contribution in [0, 0.1) is 0 Å². The van der Waals surface area contributed by atoms with E-state index in [1.54, 1.807) is 14.7 Å².